The van der Waals surface area contributed by atoms with Crippen LogP contribution in [0.15, 0.2) is 24.3 Å². The summed E-state index contributed by atoms with van der Waals surface area (Å²) in [6, 6.07) is 0. The minimum absolute atomic E-state index is 0.388. The third kappa shape index (κ3) is 1.67. The Morgan fingerprint density at radius 1 is 1.27 bits per heavy atom. The summed E-state index contributed by atoms with van der Waals surface area (Å²) >= 11 is 0. The molecular formula is C14H20O. The summed E-state index contributed by atoms with van der Waals surface area (Å²) in [4.78, 5) is 0. The van der Waals surface area contributed by atoms with E-state index in [0.29, 0.717) is 12.2 Å². The number of ether oxygens (including phenoxy) is 1. The Bertz CT molecular complexity index is 304. The van der Waals surface area contributed by atoms with Crippen molar-refractivity contribution in [1.29, 1.82) is 0 Å². The zero-order chi connectivity index (χ0) is 10.4. The van der Waals surface area contributed by atoms with Crippen molar-refractivity contribution >= 4 is 0 Å². The van der Waals surface area contributed by atoms with Crippen molar-refractivity contribution in [3.8, 4) is 0 Å². The molecule has 0 radical (unpaired) electrons. The molecule has 1 heterocycles. The molecule has 0 aromatic rings. The molecule has 2 bridgehead atoms. The zero-order valence-corrected chi connectivity index (χ0v) is 9.49. The summed E-state index contributed by atoms with van der Waals surface area (Å²) in [5, 5.41) is 0. The number of fused-ring (bicyclic) bond motifs is 2. The van der Waals surface area contributed by atoms with Crippen LogP contribution in [0.3, 0.4) is 0 Å². The summed E-state index contributed by atoms with van der Waals surface area (Å²) in [5.74, 6) is 2.44. The minimum atomic E-state index is 0.388. The van der Waals surface area contributed by atoms with E-state index in [0.717, 1.165) is 30.6 Å². The summed E-state index contributed by atoms with van der Waals surface area (Å²) in [6.07, 6.45) is 10.6. The predicted octanol–water partition coefficient (Wildman–Crippen LogP) is 3.32. The van der Waals surface area contributed by atoms with Crippen LogP contribution in [0.1, 0.15) is 32.6 Å². The topological polar surface area (TPSA) is 9.23 Å². The fraction of sp³-hybridized carbons (Fsp3) is 0.714. The lowest BCUT2D eigenvalue weighted by molar-refractivity contribution is -0.0571. The standard InChI is InChI=1S/C14H20O/c1-9-5-10(2)15-14(6-9)13-8-11-3-4-12(13)7-11/h3-4,10-14H,1,5-8H2,2H3. The van der Waals surface area contributed by atoms with Crippen molar-refractivity contribution in [2.24, 2.45) is 17.8 Å². The molecule has 0 N–H and O–H groups in total. The average Bonchev–Trinajstić information content (AvgIpc) is 2.76. The molecule has 3 rings (SSSR count). The van der Waals surface area contributed by atoms with Gasteiger partial charge in [0.1, 0.15) is 0 Å². The van der Waals surface area contributed by atoms with E-state index in [1.54, 1.807) is 0 Å². The lowest BCUT2D eigenvalue weighted by Crippen LogP contribution is -2.34. The van der Waals surface area contributed by atoms with Gasteiger partial charge in [-0.15, -0.1) is 0 Å². The molecule has 1 saturated heterocycles. The Morgan fingerprint density at radius 3 is 2.73 bits per heavy atom. The van der Waals surface area contributed by atoms with E-state index in [1.165, 1.54) is 18.4 Å². The predicted molar refractivity (Wildman–Crippen MR) is 61.6 cm³/mol. The maximum absolute atomic E-state index is 6.10. The van der Waals surface area contributed by atoms with Crippen molar-refractivity contribution in [2.45, 2.75) is 44.8 Å². The van der Waals surface area contributed by atoms with Crippen LogP contribution in [0, 0.1) is 17.8 Å². The lowest BCUT2D eigenvalue weighted by atomic mass is 9.83. The van der Waals surface area contributed by atoms with E-state index in [2.05, 4.69) is 25.7 Å². The van der Waals surface area contributed by atoms with Crippen molar-refractivity contribution in [2.75, 3.05) is 0 Å². The van der Waals surface area contributed by atoms with Crippen LogP contribution >= 0.6 is 0 Å². The van der Waals surface area contributed by atoms with E-state index in [9.17, 15) is 0 Å². The van der Waals surface area contributed by atoms with Gasteiger partial charge in [0.05, 0.1) is 12.2 Å². The first-order valence-corrected chi connectivity index (χ1v) is 6.23. The molecule has 0 spiro atoms. The maximum atomic E-state index is 6.10. The van der Waals surface area contributed by atoms with Gasteiger partial charge in [0, 0.05) is 0 Å². The van der Waals surface area contributed by atoms with Crippen LogP contribution in [0.5, 0.6) is 0 Å². The Balaban J connectivity index is 1.72. The summed E-state index contributed by atoms with van der Waals surface area (Å²) in [5.41, 5.74) is 1.39. The van der Waals surface area contributed by atoms with Gasteiger partial charge >= 0.3 is 0 Å². The van der Waals surface area contributed by atoms with Gasteiger partial charge in [-0.05, 0) is 50.4 Å². The molecule has 3 aliphatic rings. The van der Waals surface area contributed by atoms with Crippen molar-refractivity contribution < 1.29 is 4.74 Å². The molecule has 0 aromatic carbocycles. The number of rotatable bonds is 1. The van der Waals surface area contributed by atoms with E-state index in [4.69, 9.17) is 4.74 Å². The first kappa shape index (κ1) is 9.65. The van der Waals surface area contributed by atoms with Crippen molar-refractivity contribution in [3.63, 3.8) is 0 Å². The molecule has 1 heteroatoms. The molecule has 2 aliphatic carbocycles. The third-order valence-electron chi connectivity index (χ3n) is 4.28. The van der Waals surface area contributed by atoms with Gasteiger partial charge in [0.25, 0.3) is 0 Å². The van der Waals surface area contributed by atoms with Crippen LogP contribution < -0.4 is 0 Å². The van der Waals surface area contributed by atoms with E-state index >= 15 is 0 Å². The van der Waals surface area contributed by atoms with Gasteiger partial charge in [-0.25, -0.2) is 0 Å². The summed E-state index contributed by atoms with van der Waals surface area (Å²) < 4.78 is 6.10. The first-order chi connectivity index (χ1) is 7.22. The molecule has 1 aliphatic heterocycles. The molecular weight excluding hydrogens is 184 g/mol. The zero-order valence-electron chi connectivity index (χ0n) is 9.49. The molecule has 2 fully saturated rings. The fourth-order valence-corrected chi connectivity index (χ4v) is 3.67. The van der Waals surface area contributed by atoms with Crippen LogP contribution in [-0.2, 0) is 4.74 Å². The number of allylic oxidation sites excluding steroid dienone is 2. The van der Waals surface area contributed by atoms with Crippen LogP contribution in [-0.4, -0.2) is 12.2 Å². The Kier molecular flexibility index (Phi) is 2.24. The quantitative estimate of drug-likeness (QED) is 0.595. The largest absolute Gasteiger partial charge is 0.374 e. The molecule has 15 heavy (non-hydrogen) atoms. The number of hydrogen-bond acceptors (Lipinski definition) is 1. The SMILES string of the molecule is C=C1CC(C)OC(C2CC3C=CC2C3)C1. The molecule has 0 aromatic heterocycles. The third-order valence-corrected chi connectivity index (χ3v) is 4.28. The Morgan fingerprint density at radius 2 is 2.13 bits per heavy atom. The molecule has 0 amide bonds. The molecule has 1 nitrogen and oxygen atoms in total. The van der Waals surface area contributed by atoms with Gasteiger partial charge in [-0.2, -0.15) is 0 Å². The van der Waals surface area contributed by atoms with Crippen LogP contribution in [0.4, 0.5) is 0 Å². The molecule has 1 saturated carbocycles. The normalized spacial score (nSPS) is 48.9. The highest BCUT2D eigenvalue weighted by Crippen LogP contribution is 2.47. The minimum Gasteiger partial charge on any atom is -0.374 e. The van der Waals surface area contributed by atoms with E-state index in [1.807, 2.05) is 0 Å². The summed E-state index contributed by atoms with van der Waals surface area (Å²) in [6.45, 7) is 6.33. The van der Waals surface area contributed by atoms with Gasteiger partial charge < -0.3 is 4.74 Å². The summed E-state index contributed by atoms with van der Waals surface area (Å²) in [7, 11) is 0. The van der Waals surface area contributed by atoms with Gasteiger partial charge in [-0.3, -0.25) is 0 Å². The second-order valence-electron chi connectivity index (χ2n) is 5.59. The smallest absolute Gasteiger partial charge is 0.0649 e. The fourth-order valence-electron chi connectivity index (χ4n) is 3.67. The second-order valence-corrected chi connectivity index (χ2v) is 5.59. The van der Waals surface area contributed by atoms with Crippen molar-refractivity contribution in [1.82, 2.24) is 0 Å². The van der Waals surface area contributed by atoms with Crippen LogP contribution in [0.2, 0.25) is 0 Å². The lowest BCUT2D eigenvalue weighted by Gasteiger charge is -2.35. The monoisotopic (exact) mass is 204 g/mol. The van der Waals surface area contributed by atoms with Crippen LogP contribution in [0.25, 0.3) is 0 Å². The molecule has 82 valence electrons. The maximum Gasteiger partial charge on any atom is 0.0649 e. The van der Waals surface area contributed by atoms with E-state index in [-0.39, 0.29) is 0 Å². The molecule has 5 atom stereocenters. The first-order valence-electron chi connectivity index (χ1n) is 6.23. The van der Waals surface area contributed by atoms with Gasteiger partial charge in [0.15, 0.2) is 0 Å². The number of hydrogen-bond donors (Lipinski definition) is 0. The highest BCUT2D eigenvalue weighted by atomic mass is 16.5. The van der Waals surface area contributed by atoms with E-state index < -0.39 is 0 Å². The van der Waals surface area contributed by atoms with Gasteiger partial charge in [0.2, 0.25) is 0 Å². The van der Waals surface area contributed by atoms with Crippen molar-refractivity contribution in [3.05, 3.63) is 24.3 Å². The Hall–Kier alpha value is -0.560. The molecule has 5 unspecified atom stereocenters. The Labute approximate surface area is 92.2 Å². The highest BCUT2D eigenvalue weighted by Gasteiger charge is 2.42. The second kappa shape index (κ2) is 3.48. The van der Waals surface area contributed by atoms with Gasteiger partial charge in [-0.1, -0.05) is 24.3 Å². The highest BCUT2D eigenvalue weighted by molar-refractivity contribution is 5.13. The average molecular weight is 204 g/mol.